The van der Waals surface area contributed by atoms with E-state index in [2.05, 4.69) is 18.1 Å². The van der Waals surface area contributed by atoms with E-state index in [4.69, 9.17) is 0 Å². The predicted octanol–water partition coefficient (Wildman–Crippen LogP) is 1.69. The second kappa shape index (κ2) is 2.48. The van der Waals surface area contributed by atoms with Crippen LogP contribution in [0.2, 0.25) is 0 Å². The van der Waals surface area contributed by atoms with Crippen LogP contribution in [0.1, 0.15) is 0 Å². The Morgan fingerprint density at radius 3 is 2.67 bits per heavy atom. The first kappa shape index (κ1) is 6.75. The second-order valence-corrected chi connectivity index (χ2v) is 3.33. The van der Waals surface area contributed by atoms with Gasteiger partial charge in [0.2, 0.25) is 0 Å². The van der Waals surface area contributed by atoms with Gasteiger partial charge in [0.15, 0.2) is 0 Å². The Bertz CT molecular complexity index is 151. The van der Waals surface area contributed by atoms with Crippen LogP contribution >= 0.6 is 11.8 Å². The number of hydrogen-bond acceptors (Lipinski definition) is 2. The maximum absolute atomic E-state index is 3.88. The van der Waals surface area contributed by atoms with Gasteiger partial charge in [0, 0.05) is 29.9 Å². The summed E-state index contributed by atoms with van der Waals surface area (Å²) in [5.41, 5.74) is 1.08. The van der Waals surface area contributed by atoms with Crippen molar-refractivity contribution in [3.8, 4) is 0 Å². The fraction of sp³-hybridized carbons (Fsp3) is 0.429. The van der Waals surface area contributed by atoms with Crippen LogP contribution < -0.4 is 0 Å². The Morgan fingerprint density at radius 1 is 1.56 bits per heavy atom. The van der Waals surface area contributed by atoms with E-state index < -0.39 is 0 Å². The third-order valence-electron chi connectivity index (χ3n) is 1.49. The fourth-order valence-electron chi connectivity index (χ4n) is 0.737. The van der Waals surface area contributed by atoms with Crippen molar-refractivity contribution in [2.24, 2.45) is 0 Å². The molecule has 0 amide bonds. The standard InChI is InChI=1S/C7H11NS/c1-6-7(2)9-5-4-8(6)3/h1-2,4-5H2,3H3. The van der Waals surface area contributed by atoms with Gasteiger partial charge in [0.1, 0.15) is 0 Å². The highest BCUT2D eigenvalue weighted by Crippen LogP contribution is 2.27. The highest BCUT2D eigenvalue weighted by atomic mass is 32.2. The molecule has 1 saturated heterocycles. The third kappa shape index (κ3) is 1.30. The molecule has 0 spiro atoms. The molecule has 0 aromatic carbocycles. The number of nitrogens with zero attached hydrogens (tertiary/aromatic N) is 1. The van der Waals surface area contributed by atoms with E-state index in [9.17, 15) is 0 Å². The monoisotopic (exact) mass is 141 g/mol. The molecule has 0 unspecified atom stereocenters. The Labute approximate surface area is 60.4 Å². The van der Waals surface area contributed by atoms with Crippen LogP contribution in [0.3, 0.4) is 0 Å². The van der Waals surface area contributed by atoms with Gasteiger partial charge in [-0.1, -0.05) is 13.2 Å². The molecular weight excluding hydrogens is 130 g/mol. The first-order chi connectivity index (χ1) is 4.22. The van der Waals surface area contributed by atoms with Gasteiger partial charge in [-0.15, -0.1) is 11.8 Å². The minimum atomic E-state index is 1.08. The van der Waals surface area contributed by atoms with E-state index in [1.807, 2.05) is 7.05 Å². The summed E-state index contributed by atoms with van der Waals surface area (Å²) < 4.78 is 0. The van der Waals surface area contributed by atoms with Gasteiger partial charge >= 0.3 is 0 Å². The lowest BCUT2D eigenvalue weighted by Crippen LogP contribution is -2.24. The predicted molar refractivity (Wildman–Crippen MR) is 43.4 cm³/mol. The topological polar surface area (TPSA) is 3.24 Å². The number of likely N-dealkylation sites (N-methyl/N-ethyl adjacent to an activating group) is 1. The molecule has 0 saturated carbocycles. The van der Waals surface area contributed by atoms with E-state index in [1.165, 1.54) is 0 Å². The quantitative estimate of drug-likeness (QED) is 0.505. The van der Waals surface area contributed by atoms with Crippen molar-refractivity contribution in [1.29, 1.82) is 0 Å². The first-order valence-electron chi connectivity index (χ1n) is 2.94. The summed E-state index contributed by atoms with van der Waals surface area (Å²) in [6.07, 6.45) is 0. The average molecular weight is 141 g/mol. The molecule has 1 rings (SSSR count). The van der Waals surface area contributed by atoms with Crippen LogP contribution in [0.4, 0.5) is 0 Å². The van der Waals surface area contributed by atoms with Crippen LogP contribution in [0.25, 0.3) is 0 Å². The first-order valence-corrected chi connectivity index (χ1v) is 3.92. The molecule has 1 aliphatic rings. The van der Waals surface area contributed by atoms with E-state index in [0.717, 1.165) is 22.9 Å². The van der Waals surface area contributed by atoms with Crippen LogP contribution in [0, 0.1) is 0 Å². The van der Waals surface area contributed by atoms with Crippen LogP contribution in [-0.2, 0) is 0 Å². The molecule has 0 aromatic rings. The molecule has 9 heavy (non-hydrogen) atoms. The van der Waals surface area contributed by atoms with Gasteiger partial charge in [-0.2, -0.15) is 0 Å². The van der Waals surface area contributed by atoms with Crippen molar-refractivity contribution < 1.29 is 0 Å². The lowest BCUT2D eigenvalue weighted by Gasteiger charge is -2.27. The molecule has 0 atom stereocenters. The van der Waals surface area contributed by atoms with Crippen molar-refractivity contribution in [3.05, 3.63) is 23.8 Å². The Balaban J connectivity index is 2.62. The summed E-state index contributed by atoms with van der Waals surface area (Å²) in [7, 11) is 2.05. The van der Waals surface area contributed by atoms with Gasteiger partial charge in [-0.05, 0) is 0 Å². The van der Waals surface area contributed by atoms with Crippen molar-refractivity contribution in [3.63, 3.8) is 0 Å². The molecule has 1 aliphatic heterocycles. The summed E-state index contributed by atoms with van der Waals surface area (Å²) in [6.45, 7) is 8.85. The van der Waals surface area contributed by atoms with Crippen molar-refractivity contribution in [2.75, 3.05) is 19.3 Å². The van der Waals surface area contributed by atoms with E-state index in [-0.39, 0.29) is 0 Å². The smallest absolute Gasteiger partial charge is 0.0423 e. The molecule has 0 bridgehead atoms. The summed E-state index contributed by atoms with van der Waals surface area (Å²) in [4.78, 5) is 3.25. The van der Waals surface area contributed by atoms with Gasteiger partial charge < -0.3 is 4.90 Å². The summed E-state index contributed by atoms with van der Waals surface area (Å²) in [5.74, 6) is 1.15. The Kier molecular flexibility index (Phi) is 1.86. The Hall–Kier alpha value is -0.370. The van der Waals surface area contributed by atoms with Gasteiger partial charge in [-0.25, -0.2) is 0 Å². The largest absolute Gasteiger partial charge is 0.373 e. The molecule has 0 radical (unpaired) electrons. The highest BCUT2D eigenvalue weighted by Gasteiger charge is 2.11. The van der Waals surface area contributed by atoms with E-state index in [1.54, 1.807) is 11.8 Å². The van der Waals surface area contributed by atoms with Crippen LogP contribution in [0.5, 0.6) is 0 Å². The summed E-state index contributed by atoms with van der Waals surface area (Å²) >= 11 is 1.79. The number of hydrogen-bond donors (Lipinski definition) is 0. The zero-order chi connectivity index (χ0) is 6.85. The van der Waals surface area contributed by atoms with E-state index >= 15 is 0 Å². The lowest BCUT2D eigenvalue weighted by molar-refractivity contribution is 0.455. The molecule has 0 aliphatic carbocycles. The van der Waals surface area contributed by atoms with Crippen molar-refractivity contribution >= 4 is 11.8 Å². The maximum atomic E-state index is 3.88. The zero-order valence-electron chi connectivity index (χ0n) is 5.68. The molecule has 1 nitrogen and oxygen atoms in total. The zero-order valence-corrected chi connectivity index (χ0v) is 6.50. The van der Waals surface area contributed by atoms with E-state index in [0.29, 0.717) is 0 Å². The fourth-order valence-corrected chi connectivity index (χ4v) is 1.67. The van der Waals surface area contributed by atoms with Gasteiger partial charge in [0.05, 0.1) is 0 Å². The molecular formula is C7H11NS. The number of rotatable bonds is 0. The third-order valence-corrected chi connectivity index (χ3v) is 2.46. The average Bonchev–Trinajstić information content (AvgIpc) is 1.83. The molecule has 1 heterocycles. The molecule has 1 fully saturated rings. The van der Waals surface area contributed by atoms with Crippen LogP contribution in [0.15, 0.2) is 23.8 Å². The SMILES string of the molecule is C=C1SCCN(C)C1=C. The number of thioether (sulfide) groups is 1. The maximum Gasteiger partial charge on any atom is 0.0423 e. The molecule has 0 aromatic heterocycles. The molecule has 2 heteroatoms. The minimum absolute atomic E-state index is 1.08. The van der Waals surface area contributed by atoms with Gasteiger partial charge in [0.25, 0.3) is 0 Å². The summed E-state index contributed by atoms with van der Waals surface area (Å²) in [6, 6.07) is 0. The molecule has 0 N–H and O–H groups in total. The summed E-state index contributed by atoms with van der Waals surface area (Å²) in [5, 5.41) is 0. The normalized spacial score (nSPS) is 20.8. The highest BCUT2D eigenvalue weighted by molar-refractivity contribution is 8.03. The van der Waals surface area contributed by atoms with Crippen molar-refractivity contribution in [2.45, 2.75) is 0 Å². The lowest BCUT2D eigenvalue weighted by atomic mass is 10.4. The second-order valence-electron chi connectivity index (χ2n) is 2.14. The Morgan fingerprint density at radius 2 is 2.22 bits per heavy atom. The molecule has 50 valence electrons. The van der Waals surface area contributed by atoms with Crippen molar-refractivity contribution in [1.82, 2.24) is 4.90 Å². The minimum Gasteiger partial charge on any atom is -0.373 e. The van der Waals surface area contributed by atoms with Crippen LogP contribution in [-0.4, -0.2) is 24.2 Å². The van der Waals surface area contributed by atoms with Gasteiger partial charge in [-0.3, -0.25) is 0 Å².